The average Bonchev–Trinajstić information content (AvgIpc) is 3.14. The fourth-order valence-electron chi connectivity index (χ4n) is 4.65. The number of carbonyl (C=O) groups excluding carboxylic acids is 1. The van der Waals surface area contributed by atoms with E-state index in [-0.39, 0.29) is 24.6 Å². The average molecular weight is 457 g/mol. The lowest BCUT2D eigenvalue weighted by atomic mass is 9.82. The maximum atomic E-state index is 13.3. The second-order valence-electron chi connectivity index (χ2n) is 8.43. The summed E-state index contributed by atoms with van der Waals surface area (Å²) in [4.78, 5) is 27.4. The van der Waals surface area contributed by atoms with Crippen LogP contribution in [0.25, 0.3) is 11.0 Å². The van der Waals surface area contributed by atoms with Gasteiger partial charge in [0.05, 0.1) is 17.6 Å². The Morgan fingerprint density at radius 2 is 2.22 bits per heavy atom. The molecule has 2 aliphatic heterocycles. The quantitative estimate of drug-likeness (QED) is 0.461. The van der Waals surface area contributed by atoms with E-state index in [0.29, 0.717) is 43.2 Å². The summed E-state index contributed by atoms with van der Waals surface area (Å²) in [5.74, 6) is 1.28. The standard InChI is InChI=1S/C22H25ClN6O3/c23-14-3-1-13(2-4-14)16(5-8-30)28-21(31)22(24)6-7-29-15(9-22)11-32-17-10-25-19-18(17)20(29)27-12-26-19/h1-4,10,12,15-16,30H,5-9,11,24H2,(H,28,31)(H,25,26,27)/t15-,16-,22-/m0/s1. The number of aliphatic hydroxyl groups is 1. The second-order valence-corrected chi connectivity index (χ2v) is 8.87. The third kappa shape index (κ3) is 3.66. The summed E-state index contributed by atoms with van der Waals surface area (Å²) in [6.07, 6.45) is 4.59. The van der Waals surface area contributed by atoms with Crippen molar-refractivity contribution in [1.82, 2.24) is 20.3 Å². The topological polar surface area (TPSA) is 129 Å². The van der Waals surface area contributed by atoms with E-state index in [2.05, 4.69) is 25.2 Å². The zero-order chi connectivity index (χ0) is 22.3. The lowest BCUT2D eigenvalue weighted by molar-refractivity contribution is -0.128. The molecule has 168 valence electrons. The number of ether oxygens (including phenoxy) is 1. The molecule has 4 heterocycles. The number of aromatic amines is 1. The van der Waals surface area contributed by atoms with Crippen LogP contribution in [0, 0.1) is 0 Å². The fraction of sp³-hybridized carbons (Fsp3) is 0.409. The number of fused-ring (bicyclic) bond motifs is 2. The minimum absolute atomic E-state index is 0.0582. The van der Waals surface area contributed by atoms with E-state index in [1.807, 2.05) is 12.1 Å². The van der Waals surface area contributed by atoms with Crippen molar-refractivity contribution in [1.29, 1.82) is 0 Å². The summed E-state index contributed by atoms with van der Waals surface area (Å²) in [5, 5.41) is 14.0. The number of amides is 1. The van der Waals surface area contributed by atoms with Gasteiger partial charge < -0.3 is 30.8 Å². The van der Waals surface area contributed by atoms with Gasteiger partial charge >= 0.3 is 0 Å². The van der Waals surface area contributed by atoms with Gasteiger partial charge in [-0.15, -0.1) is 0 Å². The van der Waals surface area contributed by atoms with Crippen LogP contribution in [0.4, 0.5) is 5.82 Å². The predicted molar refractivity (Wildman–Crippen MR) is 121 cm³/mol. The van der Waals surface area contributed by atoms with Gasteiger partial charge in [0, 0.05) is 24.4 Å². The number of nitrogens with one attached hydrogen (secondary N) is 2. The third-order valence-electron chi connectivity index (χ3n) is 6.40. The first-order chi connectivity index (χ1) is 15.5. The van der Waals surface area contributed by atoms with Crippen molar-refractivity contribution in [3.8, 4) is 5.75 Å². The van der Waals surface area contributed by atoms with Crippen molar-refractivity contribution in [2.45, 2.75) is 36.9 Å². The fourth-order valence-corrected chi connectivity index (χ4v) is 4.78. The molecule has 3 aromatic rings. The molecule has 1 amide bonds. The van der Waals surface area contributed by atoms with Gasteiger partial charge in [0.25, 0.3) is 0 Å². The maximum Gasteiger partial charge on any atom is 0.240 e. The van der Waals surface area contributed by atoms with Crippen LogP contribution in [0.5, 0.6) is 5.75 Å². The van der Waals surface area contributed by atoms with E-state index in [4.69, 9.17) is 22.1 Å². The Morgan fingerprint density at radius 1 is 1.41 bits per heavy atom. The van der Waals surface area contributed by atoms with E-state index in [1.165, 1.54) is 6.33 Å². The Balaban J connectivity index is 1.35. The number of hydrogen-bond acceptors (Lipinski definition) is 7. The molecule has 1 saturated heterocycles. The summed E-state index contributed by atoms with van der Waals surface area (Å²) in [5.41, 5.74) is 7.21. The van der Waals surface area contributed by atoms with Crippen LogP contribution in [0.1, 0.15) is 30.9 Å². The zero-order valence-corrected chi connectivity index (χ0v) is 18.2. The molecule has 9 nitrogen and oxygen atoms in total. The molecule has 32 heavy (non-hydrogen) atoms. The molecule has 1 aromatic carbocycles. The summed E-state index contributed by atoms with van der Waals surface area (Å²) >= 11 is 5.99. The summed E-state index contributed by atoms with van der Waals surface area (Å²) < 4.78 is 6.02. The van der Waals surface area contributed by atoms with Gasteiger partial charge in [-0.1, -0.05) is 23.7 Å². The molecular weight excluding hydrogens is 432 g/mol. The Morgan fingerprint density at radius 3 is 3.00 bits per heavy atom. The molecule has 5 N–H and O–H groups in total. The molecule has 2 aromatic heterocycles. The van der Waals surface area contributed by atoms with Gasteiger partial charge in [0.1, 0.15) is 35.5 Å². The minimum atomic E-state index is -1.06. The number of piperidine rings is 1. The molecule has 0 spiro atoms. The monoisotopic (exact) mass is 456 g/mol. The van der Waals surface area contributed by atoms with E-state index in [1.54, 1.807) is 18.3 Å². The molecule has 5 rings (SSSR count). The van der Waals surface area contributed by atoms with Crippen LogP contribution in [0.3, 0.4) is 0 Å². The van der Waals surface area contributed by atoms with E-state index in [0.717, 1.165) is 22.4 Å². The molecule has 0 unspecified atom stereocenters. The molecule has 3 atom stereocenters. The molecule has 0 radical (unpaired) electrons. The second kappa shape index (κ2) is 8.23. The van der Waals surface area contributed by atoms with Gasteiger partial charge in [0.2, 0.25) is 5.91 Å². The molecule has 0 saturated carbocycles. The number of halogens is 1. The number of aliphatic hydroxyl groups excluding tert-OH is 1. The van der Waals surface area contributed by atoms with Crippen molar-refractivity contribution in [2.75, 3.05) is 24.7 Å². The minimum Gasteiger partial charge on any atom is -0.489 e. The molecule has 0 bridgehead atoms. The normalized spacial score (nSPS) is 23.2. The Hall–Kier alpha value is -2.88. The number of nitrogens with two attached hydrogens (primary N) is 1. The van der Waals surface area contributed by atoms with E-state index >= 15 is 0 Å². The number of nitrogens with zero attached hydrogens (tertiary/aromatic N) is 3. The van der Waals surface area contributed by atoms with Gasteiger partial charge in [-0.05, 0) is 37.0 Å². The number of hydrogen-bond donors (Lipinski definition) is 4. The summed E-state index contributed by atoms with van der Waals surface area (Å²) in [6, 6.07) is 6.78. The highest BCUT2D eigenvalue weighted by molar-refractivity contribution is 6.30. The lowest BCUT2D eigenvalue weighted by Crippen LogP contribution is -2.63. The van der Waals surface area contributed by atoms with Gasteiger partial charge in [-0.25, -0.2) is 9.97 Å². The Labute approximate surface area is 189 Å². The number of benzene rings is 1. The smallest absolute Gasteiger partial charge is 0.240 e. The number of carbonyl (C=O) groups is 1. The molecule has 2 aliphatic rings. The highest BCUT2D eigenvalue weighted by atomic mass is 35.5. The Bertz CT molecular complexity index is 1140. The summed E-state index contributed by atoms with van der Waals surface area (Å²) in [7, 11) is 0. The van der Waals surface area contributed by atoms with Gasteiger partial charge in [-0.3, -0.25) is 4.79 Å². The largest absolute Gasteiger partial charge is 0.489 e. The van der Waals surface area contributed by atoms with Crippen molar-refractivity contribution in [2.24, 2.45) is 5.73 Å². The summed E-state index contributed by atoms with van der Waals surface area (Å²) in [6.45, 7) is 0.907. The predicted octanol–water partition coefficient (Wildman–Crippen LogP) is 1.91. The van der Waals surface area contributed by atoms with Crippen LogP contribution in [0.15, 0.2) is 36.8 Å². The van der Waals surface area contributed by atoms with Crippen LogP contribution >= 0.6 is 11.6 Å². The van der Waals surface area contributed by atoms with Crippen LogP contribution in [0.2, 0.25) is 5.02 Å². The number of anilines is 1. The molecule has 0 aliphatic carbocycles. The highest BCUT2D eigenvalue weighted by Gasteiger charge is 2.45. The first kappa shape index (κ1) is 21.0. The number of aromatic nitrogens is 3. The number of H-pyrrole nitrogens is 1. The first-order valence-electron chi connectivity index (χ1n) is 10.7. The SMILES string of the molecule is N[C@@]1(C(=O)N[C@@H](CCO)c2ccc(Cl)cc2)CCN2c3ncnc4[nH]cc(c34)OC[C@@H]2C1. The van der Waals surface area contributed by atoms with Gasteiger partial charge in [0.15, 0.2) is 0 Å². The highest BCUT2D eigenvalue weighted by Crippen LogP contribution is 2.39. The maximum absolute atomic E-state index is 13.3. The van der Waals surface area contributed by atoms with Crippen LogP contribution in [-0.4, -0.2) is 57.3 Å². The zero-order valence-electron chi connectivity index (χ0n) is 17.4. The molecule has 1 fully saturated rings. The Kier molecular flexibility index (Phi) is 5.40. The van der Waals surface area contributed by atoms with E-state index in [9.17, 15) is 9.90 Å². The third-order valence-corrected chi connectivity index (χ3v) is 6.66. The van der Waals surface area contributed by atoms with Crippen molar-refractivity contribution in [3.63, 3.8) is 0 Å². The van der Waals surface area contributed by atoms with Crippen molar-refractivity contribution < 1.29 is 14.6 Å². The molecular formula is C22H25ClN6O3. The van der Waals surface area contributed by atoms with Crippen molar-refractivity contribution >= 4 is 34.4 Å². The van der Waals surface area contributed by atoms with E-state index < -0.39 is 5.54 Å². The van der Waals surface area contributed by atoms with Gasteiger partial charge in [-0.2, -0.15) is 0 Å². The number of rotatable bonds is 5. The van der Waals surface area contributed by atoms with Crippen LogP contribution in [-0.2, 0) is 4.79 Å². The first-order valence-corrected chi connectivity index (χ1v) is 11.0. The lowest BCUT2D eigenvalue weighted by Gasteiger charge is -2.43. The van der Waals surface area contributed by atoms with Crippen LogP contribution < -0.4 is 20.7 Å². The molecule has 10 heteroatoms. The van der Waals surface area contributed by atoms with Crippen molar-refractivity contribution in [3.05, 3.63) is 47.4 Å².